The number of nitro groups is 1. The number of methoxy groups -OCH3 is 4. The van der Waals surface area contributed by atoms with Crippen LogP contribution < -0.4 is 9.64 Å². The van der Waals surface area contributed by atoms with E-state index in [0.717, 1.165) is 63.7 Å². The lowest BCUT2D eigenvalue weighted by Gasteiger charge is -2.50. The molecule has 0 saturated carbocycles. The molecule has 3 heterocycles. The van der Waals surface area contributed by atoms with E-state index in [-0.39, 0.29) is 26.0 Å². The maximum atomic E-state index is 14.3. The third-order valence-electron chi connectivity index (χ3n) is 8.16. The van der Waals surface area contributed by atoms with Gasteiger partial charge in [0.25, 0.3) is 11.6 Å². The van der Waals surface area contributed by atoms with Crippen LogP contribution in [0.4, 0.5) is 11.4 Å². The van der Waals surface area contributed by atoms with Gasteiger partial charge in [-0.15, -0.1) is 0 Å². The van der Waals surface area contributed by atoms with Gasteiger partial charge in [0.2, 0.25) is 0 Å². The van der Waals surface area contributed by atoms with Gasteiger partial charge in [-0.05, 0) is 62.7 Å². The Hall–Kier alpha value is -5.00. The molecule has 0 N–H and O–H groups in total. The second kappa shape index (κ2) is 14.9. The number of esters is 4. The van der Waals surface area contributed by atoms with Crippen LogP contribution in [0, 0.1) is 10.1 Å². The second-order valence-corrected chi connectivity index (χ2v) is 15.2. The number of nitro benzene ring substituents is 1. The Labute approximate surface area is 310 Å². The smallest absolute Gasteiger partial charge is 0.345 e. The molecule has 0 radical (unpaired) electrons. The van der Waals surface area contributed by atoms with E-state index >= 15 is 0 Å². The number of hydrogen-bond acceptors (Lipinski definition) is 15. The van der Waals surface area contributed by atoms with E-state index in [9.17, 15) is 34.1 Å². The Morgan fingerprint density at radius 2 is 1.38 bits per heavy atom. The van der Waals surface area contributed by atoms with Crippen molar-refractivity contribution in [2.45, 2.75) is 30.4 Å². The molecule has 0 bridgehead atoms. The minimum absolute atomic E-state index is 0.106. The Kier molecular flexibility index (Phi) is 11.0. The number of carbonyl (C=O) groups is 5. The minimum atomic E-state index is -1.76. The highest BCUT2D eigenvalue weighted by molar-refractivity contribution is 8.26. The molecule has 5 rings (SSSR count). The summed E-state index contributed by atoms with van der Waals surface area (Å²) >= 11 is 2.53. The van der Waals surface area contributed by atoms with Crippen LogP contribution in [-0.2, 0) is 42.9 Å². The standard InChI is InChI=1S/C35H32N2O12S3/c1-8-49-20-14-15-22-21(17-20)24-29(34(2,3)36(22)23(38)16-11-18-9-12-19(13-10-18)37(43)44)50-26(31(40)46-5)25(30(39)45-4)35(24)51-27(32(41)47-6)28(52-35)33(42)48-7/h9-17H,8H2,1-7H3/b16-11+. The van der Waals surface area contributed by atoms with E-state index in [2.05, 4.69) is 0 Å². The minimum Gasteiger partial charge on any atom is -0.494 e. The van der Waals surface area contributed by atoms with Gasteiger partial charge in [-0.3, -0.25) is 19.8 Å². The fourth-order valence-electron chi connectivity index (χ4n) is 5.90. The summed E-state index contributed by atoms with van der Waals surface area (Å²) in [4.78, 5) is 80.3. The first kappa shape index (κ1) is 38.2. The molecule has 3 aliphatic rings. The zero-order valence-corrected chi connectivity index (χ0v) is 31.4. The summed E-state index contributed by atoms with van der Waals surface area (Å²) in [7, 11) is 4.55. The third-order valence-corrected chi connectivity index (χ3v) is 12.8. The van der Waals surface area contributed by atoms with Crippen LogP contribution in [0.2, 0.25) is 0 Å². The summed E-state index contributed by atoms with van der Waals surface area (Å²) in [5.41, 5.74) is 0.111. The molecule has 0 fully saturated rings. The number of fused-ring (bicyclic) bond motifs is 3. The number of ether oxygens (including phenoxy) is 5. The lowest BCUT2D eigenvalue weighted by Crippen LogP contribution is -2.53. The Bertz CT molecular complexity index is 2000. The summed E-state index contributed by atoms with van der Waals surface area (Å²) in [6.45, 7) is 5.58. The number of hydrogen-bond donors (Lipinski definition) is 0. The van der Waals surface area contributed by atoms with Gasteiger partial charge >= 0.3 is 23.9 Å². The van der Waals surface area contributed by atoms with Gasteiger partial charge in [-0.1, -0.05) is 35.3 Å². The van der Waals surface area contributed by atoms with E-state index in [1.54, 1.807) is 39.0 Å². The lowest BCUT2D eigenvalue weighted by atomic mass is 9.83. The molecule has 0 atom stereocenters. The number of carbonyl (C=O) groups excluding carboxylic acids is 5. The van der Waals surface area contributed by atoms with Crippen LogP contribution in [-0.4, -0.2) is 79.4 Å². The number of nitrogens with zero attached hydrogens (tertiary/aromatic N) is 2. The second-order valence-electron chi connectivity index (χ2n) is 11.5. The van der Waals surface area contributed by atoms with Crippen LogP contribution in [0.25, 0.3) is 11.6 Å². The first-order valence-corrected chi connectivity index (χ1v) is 17.8. The summed E-state index contributed by atoms with van der Waals surface area (Å²) in [6, 6.07) is 10.7. The van der Waals surface area contributed by atoms with Crippen LogP contribution >= 0.6 is 35.3 Å². The number of benzene rings is 2. The number of anilines is 1. The largest absolute Gasteiger partial charge is 0.494 e. The molecule has 0 aliphatic carbocycles. The van der Waals surface area contributed by atoms with Gasteiger partial charge in [0, 0.05) is 34.3 Å². The molecule has 272 valence electrons. The van der Waals surface area contributed by atoms with Gasteiger partial charge < -0.3 is 23.7 Å². The molecule has 0 unspecified atom stereocenters. The number of non-ortho nitro benzene ring substituents is 1. The topological polar surface area (TPSA) is 178 Å². The maximum Gasteiger partial charge on any atom is 0.345 e. The molecule has 14 nitrogen and oxygen atoms in total. The normalized spacial score (nSPS) is 17.1. The van der Waals surface area contributed by atoms with Crippen molar-refractivity contribution in [3.63, 3.8) is 0 Å². The van der Waals surface area contributed by atoms with E-state index in [1.165, 1.54) is 41.3 Å². The number of thioether (sulfide) groups is 3. The van der Waals surface area contributed by atoms with E-state index < -0.39 is 44.3 Å². The molecule has 1 amide bonds. The van der Waals surface area contributed by atoms with Crippen LogP contribution in [0.1, 0.15) is 31.9 Å². The number of rotatable bonds is 9. The molecule has 0 saturated heterocycles. The van der Waals surface area contributed by atoms with Gasteiger partial charge in [-0.2, -0.15) is 0 Å². The van der Waals surface area contributed by atoms with Crippen LogP contribution in [0.15, 0.2) is 73.7 Å². The molecule has 0 aromatic heterocycles. The summed E-state index contributed by atoms with van der Waals surface area (Å²) in [6.07, 6.45) is 2.84. The molecule has 3 aliphatic heterocycles. The number of amides is 1. The monoisotopic (exact) mass is 768 g/mol. The molecule has 52 heavy (non-hydrogen) atoms. The van der Waals surface area contributed by atoms with Crippen LogP contribution in [0.5, 0.6) is 5.75 Å². The van der Waals surface area contributed by atoms with Crippen molar-refractivity contribution >= 4 is 88.1 Å². The quantitative estimate of drug-likeness (QED) is 0.101. The van der Waals surface area contributed by atoms with E-state index in [1.807, 2.05) is 0 Å². The first-order chi connectivity index (χ1) is 24.7. The SMILES string of the molecule is CCOc1ccc2c(c1)C1=C(SC(C(=O)OC)=C(C(=O)OC)C13SC(C(=O)OC)=C(C(=O)OC)S3)C(C)(C)N2C(=O)/C=C/c1ccc([N+](=O)[O-])cc1. The highest BCUT2D eigenvalue weighted by Gasteiger charge is 2.61. The van der Waals surface area contributed by atoms with Crippen molar-refractivity contribution in [3.8, 4) is 5.75 Å². The van der Waals surface area contributed by atoms with Crippen LogP contribution in [0.3, 0.4) is 0 Å². The molecule has 2 aromatic carbocycles. The van der Waals surface area contributed by atoms with Gasteiger partial charge in [0.05, 0.1) is 56.8 Å². The summed E-state index contributed by atoms with van der Waals surface area (Å²) in [5.74, 6) is -3.68. The highest BCUT2D eigenvalue weighted by atomic mass is 32.2. The third kappa shape index (κ3) is 6.47. The van der Waals surface area contributed by atoms with Crippen molar-refractivity contribution in [2.75, 3.05) is 39.9 Å². The average Bonchev–Trinajstić information content (AvgIpc) is 3.53. The maximum absolute atomic E-state index is 14.3. The van der Waals surface area contributed by atoms with Crippen molar-refractivity contribution in [2.24, 2.45) is 0 Å². The fourth-order valence-corrected chi connectivity index (χ4v) is 11.0. The van der Waals surface area contributed by atoms with Crippen molar-refractivity contribution in [3.05, 3.63) is 95.0 Å². The van der Waals surface area contributed by atoms with Crippen molar-refractivity contribution in [1.29, 1.82) is 0 Å². The van der Waals surface area contributed by atoms with Crippen molar-refractivity contribution < 1.29 is 52.6 Å². The van der Waals surface area contributed by atoms with E-state index in [0.29, 0.717) is 39.6 Å². The van der Waals surface area contributed by atoms with Gasteiger partial charge in [0.15, 0.2) is 0 Å². The average molecular weight is 769 g/mol. The predicted octanol–water partition coefficient (Wildman–Crippen LogP) is 5.62. The summed E-state index contributed by atoms with van der Waals surface area (Å²) in [5, 5.41) is 11.1. The van der Waals surface area contributed by atoms with Crippen molar-refractivity contribution in [1.82, 2.24) is 0 Å². The molecular weight excluding hydrogens is 737 g/mol. The first-order valence-electron chi connectivity index (χ1n) is 15.4. The summed E-state index contributed by atoms with van der Waals surface area (Å²) < 4.78 is 24.6. The van der Waals surface area contributed by atoms with E-state index in [4.69, 9.17) is 23.7 Å². The Balaban J connectivity index is 1.81. The molecular formula is C35H32N2O12S3. The molecule has 1 spiro atoms. The van der Waals surface area contributed by atoms with Gasteiger partial charge in [0.1, 0.15) is 24.5 Å². The molecule has 17 heteroatoms. The fraction of sp³-hybridized carbons (Fsp3) is 0.286. The predicted molar refractivity (Wildman–Crippen MR) is 196 cm³/mol. The van der Waals surface area contributed by atoms with Gasteiger partial charge in [-0.25, -0.2) is 19.2 Å². The zero-order chi connectivity index (χ0) is 38.1. The Morgan fingerprint density at radius 3 is 1.90 bits per heavy atom. The molecule has 2 aromatic rings. The lowest BCUT2D eigenvalue weighted by molar-refractivity contribution is -0.384. The highest BCUT2D eigenvalue weighted by Crippen LogP contribution is 2.71. The zero-order valence-electron chi connectivity index (χ0n) is 28.9. The Morgan fingerprint density at radius 1 is 0.827 bits per heavy atom.